The molecule has 0 aromatic heterocycles. The third kappa shape index (κ3) is 3.18. The molecule has 0 saturated carbocycles. The lowest BCUT2D eigenvalue weighted by Crippen LogP contribution is -2.53. The normalized spacial score (nSPS) is 32.2. The van der Waals surface area contributed by atoms with E-state index in [0.29, 0.717) is 6.04 Å². The predicted octanol–water partition coefficient (Wildman–Crippen LogP) is 2.19. The van der Waals surface area contributed by atoms with Gasteiger partial charge in [-0.2, -0.15) is 0 Å². The molecule has 0 bridgehead atoms. The Morgan fingerprint density at radius 3 is 2.58 bits per heavy atom. The van der Waals surface area contributed by atoms with Gasteiger partial charge in [-0.1, -0.05) is 20.3 Å². The molecule has 0 aromatic rings. The van der Waals surface area contributed by atoms with Gasteiger partial charge in [0.25, 0.3) is 0 Å². The molecule has 2 atom stereocenters. The molecule has 72 valence electrons. The molecule has 0 amide bonds. The van der Waals surface area contributed by atoms with Crippen LogP contribution in [-0.2, 0) is 0 Å². The van der Waals surface area contributed by atoms with E-state index in [4.69, 9.17) is 0 Å². The molecule has 1 aliphatic rings. The van der Waals surface area contributed by atoms with Crippen LogP contribution in [0.25, 0.3) is 0 Å². The van der Waals surface area contributed by atoms with E-state index in [1.54, 1.807) is 0 Å². The van der Waals surface area contributed by atoms with Crippen molar-refractivity contribution >= 4 is 22.9 Å². The van der Waals surface area contributed by atoms with Gasteiger partial charge in [0, 0.05) is 48.0 Å². The largest absolute Gasteiger partial charge is 0.309 e. The van der Waals surface area contributed by atoms with Crippen molar-refractivity contribution in [2.75, 3.05) is 13.1 Å². The highest BCUT2D eigenvalue weighted by molar-refractivity contribution is 14.1. The van der Waals surface area contributed by atoms with Gasteiger partial charge >= 0.3 is 0 Å². The van der Waals surface area contributed by atoms with Crippen molar-refractivity contribution in [1.82, 2.24) is 8.43 Å². The van der Waals surface area contributed by atoms with E-state index >= 15 is 0 Å². The maximum Gasteiger partial charge on any atom is 0.0236 e. The van der Waals surface area contributed by atoms with Crippen molar-refractivity contribution in [3.05, 3.63) is 0 Å². The second-order valence-electron chi connectivity index (χ2n) is 3.59. The predicted molar refractivity (Wildman–Crippen MR) is 61.5 cm³/mol. The van der Waals surface area contributed by atoms with Crippen molar-refractivity contribution in [2.24, 2.45) is 0 Å². The first-order chi connectivity index (χ1) is 5.76. The van der Waals surface area contributed by atoms with Gasteiger partial charge in [-0.15, -0.1) is 0 Å². The number of hydrogen-bond donors (Lipinski definition) is 1. The van der Waals surface area contributed by atoms with Crippen LogP contribution in [0.4, 0.5) is 0 Å². The third-order valence-electron chi connectivity index (χ3n) is 2.44. The first kappa shape index (κ1) is 10.7. The van der Waals surface area contributed by atoms with Crippen LogP contribution in [0.3, 0.4) is 0 Å². The summed E-state index contributed by atoms with van der Waals surface area (Å²) in [6.45, 7) is 6.94. The molecule has 0 radical (unpaired) electrons. The molecule has 1 aliphatic heterocycles. The molecule has 0 unspecified atom stereocenters. The van der Waals surface area contributed by atoms with E-state index in [1.807, 2.05) is 0 Å². The van der Waals surface area contributed by atoms with Crippen molar-refractivity contribution in [2.45, 2.75) is 45.2 Å². The maximum absolute atomic E-state index is 3.69. The number of nitrogens with zero attached hydrogens (tertiary/aromatic N) is 1. The fraction of sp³-hybridized carbons (Fsp3) is 1.00. The molecule has 1 saturated heterocycles. The zero-order valence-electron chi connectivity index (χ0n) is 8.02. The molecule has 0 aliphatic carbocycles. The van der Waals surface area contributed by atoms with Gasteiger partial charge in [-0.25, -0.2) is 3.11 Å². The van der Waals surface area contributed by atoms with Crippen molar-refractivity contribution in [1.29, 1.82) is 0 Å². The van der Waals surface area contributed by atoms with Crippen LogP contribution < -0.4 is 5.32 Å². The lowest BCUT2D eigenvalue weighted by atomic mass is 10.1. The first-order valence-electron chi connectivity index (χ1n) is 4.93. The minimum Gasteiger partial charge on any atom is -0.309 e. The molecule has 0 spiro atoms. The number of halogens is 1. The molecule has 3 heteroatoms. The summed E-state index contributed by atoms with van der Waals surface area (Å²) < 4.78 is 2.42. The Morgan fingerprint density at radius 1 is 1.33 bits per heavy atom. The van der Waals surface area contributed by atoms with Gasteiger partial charge in [0.1, 0.15) is 0 Å². The van der Waals surface area contributed by atoms with Crippen LogP contribution in [0, 0.1) is 0 Å². The molecule has 12 heavy (non-hydrogen) atoms. The number of nitrogens with one attached hydrogen (secondary N) is 1. The van der Waals surface area contributed by atoms with E-state index < -0.39 is 0 Å². The summed E-state index contributed by atoms with van der Waals surface area (Å²) in [6, 6.07) is 1.44. The van der Waals surface area contributed by atoms with Gasteiger partial charge in [0.05, 0.1) is 0 Å². The van der Waals surface area contributed by atoms with E-state index in [1.165, 1.54) is 32.4 Å². The second-order valence-corrected chi connectivity index (χ2v) is 4.95. The van der Waals surface area contributed by atoms with E-state index in [0.717, 1.165) is 6.04 Å². The molecule has 2 nitrogen and oxygen atoms in total. The van der Waals surface area contributed by atoms with Gasteiger partial charge < -0.3 is 5.32 Å². The van der Waals surface area contributed by atoms with E-state index in [-0.39, 0.29) is 0 Å². The zero-order valence-corrected chi connectivity index (χ0v) is 10.2. The summed E-state index contributed by atoms with van der Waals surface area (Å²) in [6.07, 6.45) is 3.86. The maximum atomic E-state index is 3.69. The Bertz CT molecular complexity index is 130. The van der Waals surface area contributed by atoms with Crippen LogP contribution in [0.1, 0.15) is 33.1 Å². The number of rotatable bonds is 3. The second kappa shape index (κ2) is 5.40. The summed E-state index contributed by atoms with van der Waals surface area (Å²) in [7, 11) is 0. The summed E-state index contributed by atoms with van der Waals surface area (Å²) in [5.74, 6) is 0. The van der Waals surface area contributed by atoms with E-state index in [9.17, 15) is 0 Å². The molecule has 0 aromatic carbocycles. The minimum atomic E-state index is 0.715. The highest BCUT2D eigenvalue weighted by Crippen LogP contribution is 2.13. The van der Waals surface area contributed by atoms with Crippen molar-refractivity contribution in [3.63, 3.8) is 0 Å². The van der Waals surface area contributed by atoms with Crippen molar-refractivity contribution < 1.29 is 0 Å². The molecular weight excluding hydrogens is 263 g/mol. The standard InChI is InChI=1S/C9H19IN2/c1-3-5-9-7-12(10)6-8(4-2)11-9/h8-9,11H,3-7H2,1-2H3/t8-,9+/m0/s1. The van der Waals surface area contributed by atoms with Crippen LogP contribution in [0.2, 0.25) is 0 Å². The Labute approximate surface area is 89.6 Å². The molecule has 1 N–H and O–H groups in total. The van der Waals surface area contributed by atoms with Crippen LogP contribution in [0.15, 0.2) is 0 Å². The van der Waals surface area contributed by atoms with Gasteiger partial charge in [0.15, 0.2) is 0 Å². The minimum absolute atomic E-state index is 0.715. The molecule has 1 fully saturated rings. The average molecular weight is 282 g/mol. The number of hydrogen-bond acceptors (Lipinski definition) is 2. The molecule has 1 heterocycles. The monoisotopic (exact) mass is 282 g/mol. The van der Waals surface area contributed by atoms with Gasteiger partial charge in [-0.3, -0.25) is 0 Å². The summed E-state index contributed by atoms with van der Waals surface area (Å²) in [5.41, 5.74) is 0. The molecular formula is C9H19IN2. The Hall–Kier alpha value is 0.650. The lowest BCUT2D eigenvalue weighted by molar-refractivity contribution is 0.259. The first-order valence-corrected chi connectivity index (χ1v) is 5.89. The van der Waals surface area contributed by atoms with Crippen molar-refractivity contribution in [3.8, 4) is 0 Å². The van der Waals surface area contributed by atoms with Gasteiger partial charge in [-0.05, 0) is 12.8 Å². The number of piperazine rings is 1. The van der Waals surface area contributed by atoms with E-state index in [2.05, 4.69) is 45.1 Å². The fourth-order valence-electron chi connectivity index (χ4n) is 1.76. The summed E-state index contributed by atoms with van der Waals surface area (Å²) in [5, 5.41) is 3.69. The van der Waals surface area contributed by atoms with Crippen LogP contribution >= 0.6 is 22.9 Å². The fourth-order valence-corrected chi connectivity index (χ4v) is 2.71. The van der Waals surface area contributed by atoms with Crippen LogP contribution in [0.5, 0.6) is 0 Å². The molecule has 1 rings (SSSR count). The zero-order chi connectivity index (χ0) is 8.97. The highest BCUT2D eigenvalue weighted by Gasteiger charge is 2.22. The third-order valence-corrected chi connectivity index (χ3v) is 3.23. The topological polar surface area (TPSA) is 15.3 Å². The Morgan fingerprint density at radius 2 is 2.00 bits per heavy atom. The summed E-state index contributed by atoms with van der Waals surface area (Å²) in [4.78, 5) is 0. The average Bonchev–Trinajstić information content (AvgIpc) is 2.04. The Balaban J connectivity index is 2.34. The quantitative estimate of drug-likeness (QED) is 0.630. The van der Waals surface area contributed by atoms with Crippen LogP contribution in [-0.4, -0.2) is 28.3 Å². The Kier molecular flexibility index (Phi) is 4.82. The SMILES string of the molecule is CCC[C@@H]1CN(I)C[C@H](CC)N1. The highest BCUT2D eigenvalue weighted by atomic mass is 127. The lowest BCUT2D eigenvalue weighted by Gasteiger charge is -2.35. The summed E-state index contributed by atoms with van der Waals surface area (Å²) >= 11 is 2.44. The smallest absolute Gasteiger partial charge is 0.0236 e. The van der Waals surface area contributed by atoms with Gasteiger partial charge in [0.2, 0.25) is 0 Å².